The number of fused-ring (bicyclic) bond motifs is 1. The Kier molecular flexibility index (Phi) is 2.41. The van der Waals surface area contributed by atoms with E-state index in [0.717, 1.165) is 5.56 Å². The molecule has 0 atom stereocenters. The van der Waals surface area contributed by atoms with Crippen molar-refractivity contribution in [2.75, 3.05) is 0 Å². The van der Waals surface area contributed by atoms with Gasteiger partial charge in [0.1, 0.15) is 5.75 Å². The molecule has 0 bridgehead atoms. The van der Waals surface area contributed by atoms with E-state index in [0.29, 0.717) is 12.4 Å². The number of carbonyl (C=O) groups is 1. The Morgan fingerprint density at radius 3 is 3.07 bits per heavy atom. The molecule has 0 saturated heterocycles. The van der Waals surface area contributed by atoms with E-state index in [-0.39, 0.29) is 0 Å². The molecular formula is C9H9BO4. The van der Waals surface area contributed by atoms with Crippen LogP contribution in [0.1, 0.15) is 12.5 Å². The van der Waals surface area contributed by atoms with E-state index in [1.54, 1.807) is 0 Å². The van der Waals surface area contributed by atoms with E-state index in [2.05, 4.69) is 0 Å². The Morgan fingerprint density at radius 1 is 1.50 bits per heavy atom. The molecule has 0 aromatic heterocycles. The van der Waals surface area contributed by atoms with Crippen molar-refractivity contribution in [3.05, 3.63) is 29.8 Å². The maximum Gasteiger partial charge on any atom is 0.790 e. The molecule has 72 valence electrons. The van der Waals surface area contributed by atoms with Crippen LogP contribution in [-0.2, 0) is 20.7 Å². The molecule has 1 aromatic rings. The highest BCUT2D eigenvalue weighted by atomic mass is 16.8. The Balaban J connectivity index is 2.09. The van der Waals surface area contributed by atoms with E-state index in [1.165, 1.54) is 6.92 Å². The minimum Gasteiger partial charge on any atom is -0.501 e. The monoisotopic (exact) mass is 192 g/mol. The van der Waals surface area contributed by atoms with Gasteiger partial charge in [-0.2, -0.15) is 0 Å². The fraction of sp³-hybridized carbons (Fsp3) is 0.222. The lowest BCUT2D eigenvalue weighted by molar-refractivity contribution is -0.134. The standard InChI is InChI=1S/C9H9BO4/c1-7(11)13-10-12-6-8-4-2-3-5-9(8)14-10/h2-5H,6H2,1H3. The number of carbonyl (C=O) groups excluding carboxylic acids is 1. The molecule has 1 aliphatic rings. The minimum atomic E-state index is -0.914. The summed E-state index contributed by atoms with van der Waals surface area (Å²) in [5, 5.41) is 0. The van der Waals surface area contributed by atoms with Gasteiger partial charge in [0.25, 0.3) is 5.97 Å². The second kappa shape index (κ2) is 3.71. The Bertz CT molecular complexity index is 352. The molecule has 0 N–H and O–H groups in total. The molecule has 1 heterocycles. The first-order valence-electron chi connectivity index (χ1n) is 4.29. The van der Waals surface area contributed by atoms with E-state index < -0.39 is 13.3 Å². The van der Waals surface area contributed by atoms with E-state index in [4.69, 9.17) is 14.0 Å². The van der Waals surface area contributed by atoms with Crippen LogP contribution in [0.25, 0.3) is 0 Å². The number of hydrogen-bond acceptors (Lipinski definition) is 4. The summed E-state index contributed by atoms with van der Waals surface area (Å²) < 4.78 is 15.2. The lowest BCUT2D eigenvalue weighted by Gasteiger charge is -2.21. The van der Waals surface area contributed by atoms with Gasteiger partial charge in [0, 0.05) is 12.5 Å². The average Bonchev–Trinajstić information content (AvgIpc) is 2.17. The van der Waals surface area contributed by atoms with Crippen LogP contribution in [0.3, 0.4) is 0 Å². The molecule has 0 fully saturated rings. The first kappa shape index (κ1) is 9.08. The molecule has 1 aromatic carbocycles. The van der Waals surface area contributed by atoms with Crippen LogP contribution in [0.4, 0.5) is 0 Å². The summed E-state index contributed by atoms with van der Waals surface area (Å²) in [5.41, 5.74) is 0.955. The highest BCUT2D eigenvalue weighted by molar-refractivity contribution is 6.40. The molecule has 14 heavy (non-hydrogen) atoms. The predicted molar refractivity (Wildman–Crippen MR) is 49.4 cm³/mol. The largest absolute Gasteiger partial charge is 0.790 e. The van der Waals surface area contributed by atoms with Gasteiger partial charge in [0.15, 0.2) is 0 Å². The zero-order chi connectivity index (χ0) is 9.97. The zero-order valence-electron chi connectivity index (χ0n) is 7.73. The molecule has 1 aliphatic heterocycles. The smallest absolute Gasteiger partial charge is 0.501 e. The molecule has 2 rings (SSSR count). The Hall–Kier alpha value is -1.49. The third-order valence-electron chi connectivity index (χ3n) is 1.83. The van der Waals surface area contributed by atoms with Crippen LogP contribution in [0.2, 0.25) is 0 Å². The Morgan fingerprint density at radius 2 is 2.29 bits per heavy atom. The lowest BCUT2D eigenvalue weighted by atomic mass is 10.1. The number of rotatable bonds is 1. The molecule has 0 amide bonds. The topological polar surface area (TPSA) is 44.8 Å². The first-order valence-corrected chi connectivity index (χ1v) is 4.29. The highest BCUT2D eigenvalue weighted by Gasteiger charge is 2.32. The zero-order valence-corrected chi connectivity index (χ0v) is 7.73. The number of hydrogen-bond donors (Lipinski definition) is 0. The summed E-state index contributed by atoms with van der Waals surface area (Å²) >= 11 is 0. The molecule has 0 aliphatic carbocycles. The third kappa shape index (κ3) is 1.88. The van der Waals surface area contributed by atoms with Crippen LogP contribution in [0.15, 0.2) is 24.3 Å². The second-order valence-corrected chi connectivity index (χ2v) is 2.93. The quantitative estimate of drug-likeness (QED) is 0.625. The maximum absolute atomic E-state index is 10.6. The summed E-state index contributed by atoms with van der Waals surface area (Å²) in [6, 6.07) is 7.47. The number of para-hydroxylation sites is 1. The Labute approximate surface area is 82.0 Å². The van der Waals surface area contributed by atoms with Crippen LogP contribution in [0, 0.1) is 0 Å². The van der Waals surface area contributed by atoms with Gasteiger partial charge in [0.05, 0.1) is 6.61 Å². The van der Waals surface area contributed by atoms with Gasteiger partial charge in [-0.15, -0.1) is 0 Å². The van der Waals surface area contributed by atoms with Gasteiger partial charge in [-0.1, -0.05) is 18.2 Å². The normalized spacial score (nSPS) is 14.2. The van der Waals surface area contributed by atoms with Gasteiger partial charge < -0.3 is 14.0 Å². The highest BCUT2D eigenvalue weighted by Crippen LogP contribution is 2.24. The molecule has 0 radical (unpaired) electrons. The van der Waals surface area contributed by atoms with Gasteiger partial charge >= 0.3 is 7.32 Å². The summed E-state index contributed by atoms with van der Waals surface area (Å²) in [6.45, 7) is 1.71. The lowest BCUT2D eigenvalue weighted by Crippen LogP contribution is -2.35. The molecule has 0 unspecified atom stereocenters. The fourth-order valence-corrected chi connectivity index (χ4v) is 1.23. The molecular weight excluding hydrogens is 183 g/mol. The SMILES string of the molecule is CC(=O)OB1OCc2ccccc2O1. The summed E-state index contributed by atoms with van der Waals surface area (Å²) in [5.74, 6) is 0.277. The van der Waals surface area contributed by atoms with Crippen molar-refractivity contribution in [2.45, 2.75) is 13.5 Å². The van der Waals surface area contributed by atoms with Crippen molar-refractivity contribution in [1.29, 1.82) is 0 Å². The first-order chi connectivity index (χ1) is 6.75. The fourth-order valence-electron chi connectivity index (χ4n) is 1.23. The minimum absolute atomic E-state index is 0.397. The third-order valence-corrected chi connectivity index (χ3v) is 1.83. The van der Waals surface area contributed by atoms with Crippen molar-refractivity contribution in [3.8, 4) is 5.75 Å². The van der Waals surface area contributed by atoms with Crippen molar-refractivity contribution in [1.82, 2.24) is 0 Å². The van der Waals surface area contributed by atoms with Crippen LogP contribution >= 0.6 is 0 Å². The summed E-state index contributed by atoms with van der Waals surface area (Å²) in [7, 11) is -0.914. The van der Waals surface area contributed by atoms with E-state index >= 15 is 0 Å². The van der Waals surface area contributed by atoms with Crippen molar-refractivity contribution in [3.63, 3.8) is 0 Å². The number of benzene rings is 1. The van der Waals surface area contributed by atoms with Crippen LogP contribution < -0.4 is 4.65 Å². The van der Waals surface area contributed by atoms with Crippen molar-refractivity contribution < 1.29 is 18.8 Å². The van der Waals surface area contributed by atoms with Gasteiger partial charge in [-0.05, 0) is 6.07 Å². The van der Waals surface area contributed by atoms with Gasteiger partial charge in [-0.25, -0.2) is 0 Å². The molecule has 0 saturated carbocycles. The molecule has 0 spiro atoms. The molecule has 4 nitrogen and oxygen atoms in total. The van der Waals surface area contributed by atoms with Crippen LogP contribution in [-0.4, -0.2) is 13.3 Å². The van der Waals surface area contributed by atoms with E-state index in [9.17, 15) is 4.79 Å². The van der Waals surface area contributed by atoms with Crippen molar-refractivity contribution >= 4 is 13.3 Å². The summed E-state index contributed by atoms with van der Waals surface area (Å²) in [4.78, 5) is 10.6. The van der Waals surface area contributed by atoms with E-state index in [1.807, 2.05) is 24.3 Å². The van der Waals surface area contributed by atoms with Gasteiger partial charge in [-0.3, -0.25) is 4.79 Å². The maximum atomic E-state index is 10.6. The molecule has 5 heteroatoms. The van der Waals surface area contributed by atoms with Crippen molar-refractivity contribution in [2.24, 2.45) is 0 Å². The summed E-state index contributed by atoms with van der Waals surface area (Å²) in [6.07, 6.45) is 0. The predicted octanol–water partition coefficient (Wildman–Crippen LogP) is 1.14. The van der Waals surface area contributed by atoms with Gasteiger partial charge in [0.2, 0.25) is 0 Å². The second-order valence-electron chi connectivity index (χ2n) is 2.93. The van der Waals surface area contributed by atoms with Crippen LogP contribution in [0.5, 0.6) is 5.75 Å². The average molecular weight is 192 g/mol.